The predicted molar refractivity (Wildman–Crippen MR) is 82.0 cm³/mol. The fourth-order valence-electron chi connectivity index (χ4n) is 2.84. The molecule has 0 saturated carbocycles. The second-order valence-electron chi connectivity index (χ2n) is 5.69. The Morgan fingerprint density at radius 2 is 2.35 bits per heavy atom. The van der Waals surface area contributed by atoms with Crippen LogP contribution in [0.3, 0.4) is 0 Å². The molecular formula is C16H27N3O. The van der Waals surface area contributed by atoms with Crippen LogP contribution in [0.1, 0.15) is 44.6 Å². The number of methoxy groups -OCH3 is 1. The number of pyridine rings is 1. The summed E-state index contributed by atoms with van der Waals surface area (Å²) in [7, 11) is 1.67. The molecule has 0 aromatic carbocycles. The van der Waals surface area contributed by atoms with Gasteiger partial charge in [-0.3, -0.25) is 0 Å². The van der Waals surface area contributed by atoms with Gasteiger partial charge in [0.15, 0.2) is 0 Å². The Hall–Kier alpha value is -1.13. The van der Waals surface area contributed by atoms with Gasteiger partial charge >= 0.3 is 0 Å². The van der Waals surface area contributed by atoms with Crippen molar-refractivity contribution in [1.82, 2.24) is 15.6 Å². The summed E-state index contributed by atoms with van der Waals surface area (Å²) in [6.45, 7) is 4.24. The molecule has 1 aromatic heterocycles. The highest BCUT2D eigenvalue weighted by atomic mass is 16.5. The molecule has 20 heavy (non-hydrogen) atoms. The molecule has 1 fully saturated rings. The van der Waals surface area contributed by atoms with Gasteiger partial charge in [0.2, 0.25) is 5.88 Å². The first-order valence-electron chi connectivity index (χ1n) is 7.74. The molecule has 1 saturated heterocycles. The molecule has 0 spiro atoms. The van der Waals surface area contributed by atoms with E-state index in [2.05, 4.69) is 28.6 Å². The third kappa shape index (κ3) is 4.76. The van der Waals surface area contributed by atoms with Crippen molar-refractivity contribution >= 4 is 0 Å². The number of aromatic nitrogens is 1. The summed E-state index contributed by atoms with van der Waals surface area (Å²) >= 11 is 0. The van der Waals surface area contributed by atoms with E-state index in [9.17, 15) is 0 Å². The van der Waals surface area contributed by atoms with Crippen LogP contribution in [0.4, 0.5) is 0 Å². The van der Waals surface area contributed by atoms with Gasteiger partial charge in [0.1, 0.15) is 0 Å². The van der Waals surface area contributed by atoms with Crippen LogP contribution in [0.15, 0.2) is 18.3 Å². The lowest BCUT2D eigenvalue weighted by Gasteiger charge is -2.21. The lowest BCUT2D eigenvalue weighted by Crippen LogP contribution is -2.36. The third-order valence-corrected chi connectivity index (χ3v) is 3.98. The van der Waals surface area contributed by atoms with Gasteiger partial charge < -0.3 is 15.4 Å². The number of nitrogens with zero attached hydrogens (tertiary/aromatic N) is 1. The van der Waals surface area contributed by atoms with Gasteiger partial charge in [0.25, 0.3) is 0 Å². The number of nitrogens with one attached hydrogen (secondary N) is 2. The van der Waals surface area contributed by atoms with Gasteiger partial charge in [-0.05, 0) is 38.8 Å². The minimum absolute atomic E-state index is 0.496. The second-order valence-corrected chi connectivity index (χ2v) is 5.69. The van der Waals surface area contributed by atoms with Crippen LogP contribution in [0.5, 0.6) is 5.88 Å². The van der Waals surface area contributed by atoms with E-state index in [0.29, 0.717) is 12.1 Å². The Kier molecular flexibility index (Phi) is 6.27. The van der Waals surface area contributed by atoms with E-state index in [-0.39, 0.29) is 0 Å². The monoisotopic (exact) mass is 277 g/mol. The molecule has 2 rings (SSSR count). The molecule has 2 heterocycles. The first-order chi connectivity index (χ1) is 9.79. The third-order valence-electron chi connectivity index (χ3n) is 3.98. The van der Waals surface area contributed by atoms with Gasteiger partial charge in [0.05, 0.1) is 7.11 Å². The maximum atomic E-state index is 5.28. The molecule has 2 unspecified atom stereocenters. The molecule has 1 aliphatic rings. The van der Waals surface area contributed by atoms with Crippen molar-refractivity contribution in [2.24, 2.45) is 0 Å². The summed E-state index contributed by atoms with van der Waals surface area (Å²) in [5.74, 6) is 0.722. The number of rotatable bonds is 6. The van der Waals surface area contributed by atoms with Crippen LogP contribution in [0, 0.1) is 0 Å². The molecule has 0 bridgehead atoms. The SMILES string of the molecule is COc1ncccc1CNC(C)CC1CCCCCN1. The molecular weight excluding hydrogens is 250 g/mol. The molecule has 0 aliphatic carbocycles. The molecule has 4 nitrogen and oxygen atoms in total. The standard InChI is InChI=1S/C16H27N3O/c1-13(11-15-8-4-3-5-9-17-15)19-12-14-7-6-10-18-16(14)20-2/h6-7,10,13,15,17,19H,3-5,8-9,11-12H2,1-2H3. The largest absolute Gasteiger partial charge is 0.481 e. The van der Waals surface area contributed by atoms with Gasteiger partial charge in [0, 0.05) is 30.4 Å². The number of ether oxygens (including phenoxy) is 1. The Balaban J connectivity index is 1.77. The molecule has 0 radical (unpaired) electrons. The van der Waals surface area contributed by atoms with Crippen LogP contribution >= 0.6 is 0 Å². The topological polar surface area (TPSA) is 46.2 Å². The number of hydrogen-bond acceptors (Lipinski definition) is 4. The lowest BCUT2D eigenvalue weighted by atomic mass is 10.0. The Morgan fingerprint density at radius 1 is 1.45 bits per heavy atom. The summed E-state index contributed by atoms with van der Waals surface area (Å²) in [4.78, 5) is 4.23. The molecule has 1 aliphatic heterocycles. The predicted octanol–water partition coefficient (Wildman–Crippen LogP) is 2.49. The highest BCUT2D eigenvalue weighted by molar-refractivity contribution is 5.25. The Bertz CT molecular complexity index is 389. The van der Waals surface area contributed by atoms with Gasteiger partial charge in [-0.2, -0.15) is 0 Å². The van der Waals surface area contributed by atoms with Crippen molar-refractivity contribution in [3.8, 4) is 5.88 Å². The molecule has 2 atom stereocenters. The van der Waals surface area contributed by atoms with Crippen LogP contribution < -0.4 is 15.4 Å². The highest BCUT2D eigenvalue weighted by Crippen LogP contribution is 2.15. The maximum Gasteiger partial charge on any atom is 0.217 e. The van der Waals surface area contributed by atoms with Crippen molar-refractivity contribution in [1.29, 1.82) is 0 Å². The summed E-state index contributed by atoms with van der Waals surface area (Å²) in [6.07, 6.45) is 8.32. The van der Waals surface area contributed by atoms with E-state index >= 15 is 0 Å². The van der Waals surface area contributed by atoms with Crippen molar-refractivity contribution in [2.45, 2.75) is 57.7 Å². The normalized spacial score (nSPS) is 21.2. The minimum atomic E-state index is 0.496. The highest BCUT2D eigenvalue weighted by Gasteiger charge is 2.15. The minimum Gasteiger partial charge on any atom is -0.481 e. The van der Waals surface area contributed by atoms with Gasteiger partial charge in [-0.25, -0.2) is 4.98 Å². The fraction of sp³-hybridized carbons (Fsp3) is 0.688. The summed E-state index contributed by atoms with van der Waals surface area (Å²) < 4.78 is 5.28. The van der Waals surface area contributed by atoms with Crippen molar-refractivity contribution < 1.29 is 4.74 Å². The van der Waals surface area contributed by atoms with Crippen molar-refractivity contribution in [2.75, 3.05) is 13.7 Å². The summed E-state index contributed by atoms with van der Waals surface area (Å²) in [5.41, 5.74) is 1.12. The smallest absolute Gasteiger partial charge is 0.217 e. The van der Waals surface area contributed by atoms with E-state index in [1.165, 1.54) is 38.6 Å². The lowest BCUT2D eigenvalue weighted by molar-refractivity contribution is 0.380. The van der Waals surface area contributed by atoms with E-state index in [1.807, 2.05) is 6.07 Å². The molecule has 4 heteroatoms. The average Bonchev–Trinajstić information content (AvgIpc) is 2.74. The van der Waals surface area contributed by atoms with Crippen molar-refractivity contribution in [3.63, 3.8) is 0 Å². The molecule has 1 aromatic rings. The quantitative estimate of drug-likeness (QED) is 0.838. The fourth-order valence-corrected chi connectivity index (χ4v) is 2.84. The van der Waals surface area contributed by atoms with Crippen LogP contribution in [-0.2, 0) is 6.54 Å². The second kappa shape index (κ2) is 8.22. The molecule has 0 amide bonds. The van der Waals surface area contributed by atoms with E-state index in [4.69, 9.17) is 4.74 Å². The molecule has 2 N–H and O–H groups in total. The van der Waals surface area contributed by atoms with E-state index in [1.54, 1.807) is 13.3 Å². The van der Waals surface area contributed by atoms with Crippen molar-refractivity contribution in [3.05, 3.63) is 23.9 Å². The average molecular weight is 277 g/mol. The van der Waals surface area contributed by atoms with Gasteiger partial charge in [-0.15, -0.1) is 0 Å². The van der Waals surface area contributed by atoms with Crippen LogP contribution in [-0.4, -0.2) is 30.7 Å². The maximum absolute atomic E-state index is 5.28. The number of hydrogen-bond donors (Lipinski definition) is 2. The van der Waals surface area contributed by atoms with E-state index in [0.717, 1.165) is 18.0 Å². The first kappa shape index (κ1) is 15.3. The Morgan fingerprint density at radius 3 is 3.20 bits per heavy atom. The zero-order valence-corrected chi connectivity index (χ0v) is 12.7. The van der Waals surface area contributed by atoms with Crippen LogP contribution in [0.2, 0.25) is 0 Å². The summed E-state index contributed by atoms with van der Waals surface area (Å²) in [6, 6.07) is 5.18. The first-order valence-corrected chi connectivity index (χ1v) is 7.74. The van der Waals surface area contributed by atoms with Crippen LogP contribution in [0.25, 0.3) is 0 Å². The van der Waals surface area contributed by atoms with Gasteiger partial charge in [-0.1, -0.05) is 18.9 Å². The zero-order chi connectivity index (χ0) is 14.2. The molecule has 112 valence electrons. The van der Waals surface area contributed by atoms with E-state index < -0.39 is 0 Å². The summed E-state index contributed by atoms with van der Waals surface area (Å²) in [5, 5.41) is 7.24. The Labute approximate surface area is 122 Å². The zero-order valence-electron chi connectivity index (χ0n) is 12.7.